The van der Waals surface area contributed by atoms with Crippen LogP contribution in [0.4, 0.5) is 0 Å². The SMILES string of the molecule is CCc1ncccc1C1CC1. The first-order valence-electron chi connectivity index (χ1n) is 4.35. The van der Waals surface area contributed by atoms with Crippen molar-refractivity contribution >= 4 is 0 Å². The van der Waals surface area contributed by atoms with Gasteiger partial charge in [0.1, 0.15) is 0 Å². The lowest BCUT2D eigenvalue weighted by atomic mass is 10.1. The molecule has 1 fully saturated rings. The van der Waals surface area contributed by atoms with E-state index in [0.29, 0.717) is 0 Å². The van der Waals surface area contributed by atoms with E-state index in [1.807, 2.05) is 12.3 Å². The van der Waals surface area contributed by atoms with Crippen molar-refractivity contribution in [3.05, 3.63) is 29.6 Å². The molecule has 0 aliphatic heterocycles. The number of pyridine rings is 1. The Kier molecular flexibility index (Phi) is 1.65. The van der Waals surface area contributed by atoms with Gasteiger partial charge in [0, 0.05) is 11.9 Å². The molecular weight excluding hydrogens is 134 g/mol. The molecule has 0 bridgehead atoms. The van der Waals surface area contributed by atoms with E-state index in [2.05, 4.69) is 18.0 Å². The molecule has 1 saturated carbocycles. The second-order valence-corrected chi connectivity index (χ2v) is 3.17. The standard InChI is InChI=1S/C10H13N/c1-2-10-9(8-5-6-8)4-3-7-11-10/h3-4,7-8H,2,5-6H2,1H3. The Morgan fingerprint density at radius 2 is 2.36 bits per heavy atom. The summed E-state index contributed by atoms with van der Waals surface area (Å²) in [6.45, 7) is 2.17. The van der Waals surface area contributed by atoms with E-state index in [4.69, 9.17) is 0 Å². The highest BCUT2D eigenvalue weighted by Gasteiger charge is 2.25. The topological polar surface area (TPSA) is 12.9 Å². The number of hydrogen-bond acceptors (Lipinski definition) is 1. The predicted molar refractivity (Wildman–Crippen MR) is 45.6 cm³/mol. The molecule has 1 heteroatoms. The first kappa shape index (κ1) is 6.84. The molecule has 1 aliphatic rings. The maximum atomic E-state index is 4.36. The van der Waals surface area contributed by atoms with Gasteiger partial charge in [0.15, 0.2) is 0 Å². The Morgan fingerprint density at radius 1 is 1.55 bits per heavy atom. The van der Waals surface area contributed by atoms with Crippen LogP contribution in [-0.4, -0.2) is 4.98 Å². The van der Waals surface area contributed by atoms with Crippen molar-refractivity contribution in [3.8, 4) is 0 Å². The zero-order valence-corrected chi connectivity index (χ0v) is 6.88. The third-order valence-electron chi connectivity index (χ3n) is 2.28. The lowest BCUT2D eigenvalue weighted by molar-refractivity contribution is 0.958. The Hall–Kier alpha value is -0.850. The maximum absolute atomic E-state index is 4.36. The first-order valence-corrected chi connectivity index (χ1v) is 4.35. The highest BCUT2D eigenvalue weighted by molar-refractivity contribution is 5.27. The van der Waals surface area contributed by atoms with Crippen molar-refractivity contribution < 1.29 is 0 Å². The number of rotatable bonds is 2. The number of aryl methyl sites for hydroxylation is 1. The highest BCUT2D eigenvalue weighted by atomic mass is 14.7. The molecule has 0 unspecified atom stereocenters. The van der Waals surface area contributed by atoms with Crippen LogP contribution in [0.5, 0.6) is 0 Å². The van der Waals surface area contributed by atoms with Gasteiger partial charge in [0.25, 0.3) is 0 Å². The zero-order valence-electron chi connectivity index (χ0n) is 6.88. The Bertz CT molecular complexity index is 251. The first-order chi connectivity index (χ1) is 5.42. The van der Waals surface area contributed by atoms with Gasteiger partial charge in [-0.15, -0.1) is 0 Å². The van der Waals surface area contributed by atoms with Crippen LogP contribution in [-0.2, 0) is 6.42 Å². The maximum Gasteiger partial charge on any atom is 0.0435 e. The van der Waals surface area contributed by atoms with E-state index in [-0.39, 0.29) is 0 Å². The Morgan fingerprint density at radius 3 is 3.00 bits per heavy atom. The van der Waals surface area contributed by atoms with Gasteiger partial charge >= 0.3 is 0 Å². The molecule has 1 aliphatic carbocycles. The predicted octanol–water partition coefficient (Wildman–Crippen LogP) is 2.52. The van der Waals surface area contributed by atoms with Crippen LogP contribution in [0.15, 0.2) is 18.3 Å². The van der Waals surface area contributed by atoms with Crippen molar-refractivity contribution in [1.29, 1.82) is 0 Å². The molecule has 0 spiro atoms. The van der Waals surface area contributed by atoms with Gasteiger partial charge in [-0.3, -0.25) is 4.98 Å². The van der Waals surface area contributed by atoms with Crippen LogP contribution in [0.2, 0.25) is 0 Å². The summed E-state index contributed by atoms with van der Waals surface area (Å²) in [5, 5.41) is 0. The Balaban J connectivity index is 2.34. The fourth-order valence-corrected chi connectivity index (χ4v) is 1.51. The van der Waals surface area contributed by atoms with E-state index >= 15 is 0 Å². The van der Waals surface area contributed by atoms with Gasteiger partial charge in [-0.25, -0.2) is 0 Å². The van der Waals surface area contributed by atoms with Gasteiger partial charge in [0.2, 0.25) is 0 Å². The van der Waals surface area contributed by atoms with Gasteiger partial charge < -0.3 is 0 Å². The van der Waals surface area contributed by atoms with E-state index in [0.717, 1.165) is 12.3 Å². The summed E-state index contributed by atoms with van der Waals surface area (Å²) in [5.41, 5.74) is 2.80. The smallest absolute Gasteiger partial charge is 0.0435 e. The summed E-state index contributed by atoms with van der Waals surface area (Å²) in [7, 11) is 0. The van der Waals surface area contributed by atoms with E-state index in [9.17, 15) is 0 Å². The fraction of sp³-hybridized carbons (Fsp3) is 0.500. The molecule has 58 valence electrons. The van der Waals surface area contributed by atoms with Crippen LogP contribution in [0.3, 0.4) is 0 Å². The lowest BCUT2D eigenvalue weighted by Crippen LogP contribution is -1.92. The van der Waals surface area contributed by atoms with Gasteiger partial charge in [-0.1, -0.05) is 13.0 Å². The molecule has 1 aromatic heterocycles. The average Bonchev–Trinajstić information content (AvgIpc) is 2.87. The molecule has 11 heavy (non-hydrogen) atoms. The second kappa shape index (κ2) is 2.65. The molecule has 1 nitrogen and oxygen atoms in total. The molecule has 0 N–H and O–H groups in total. The minimum atomic E-state index is 0.846. The second-order valence-electron chi connectivity index (χ2n) is 3.17. The third-order valence-corrected chi connectivity index (χ3v) is 2.28. The third kappa shape index (κ3) is 1.28. The van der Waals surface area contributed by atoms with Gasteiger partial charge in [-0.05, 0) is 36.8 Å². The normalized spacial score (nSPS) is 16.8. The molecule has 0 radical (unpaired) electrons. The summed E-state index contributed by atoms with van der Waals surface area (Å²) >= 11 is 0. The Labute approximate surface area is 67.5 Å². The molecule has 2 rings (SSSR count). The number of hydrogen-bond donors (Lipinski definition) is 0. The van der Waals surface area contributed by atoms with E-state index in [1.54, 1.807) is 0 Å². The van der Waals surface area contributed by atoms with Crippen molar-refractivity contribution in [3.63, 3.8) is 0 Å². The molecular formula is C10H13N. The molecule has 0 saturated heterocycles. The van der Waals surface area contributed by atoms with Crippen LogP contribution < -0.4 is 0 Å². The average molecular weight is 147 g/mol. The lowest BCUT2D eigenvalue weighted by Gasteiger charge is -2.02. The van der Waals surface area contributed by atoms with Crippen molar-refractivity contribution in [2.75, 3.05) is 0 Å². The molecule has 0 aromatic carbocycles. The molecule has 1 heterocycles. The number of aromatic nitrogens is 1. The van der Waals surface area contributed by atoms with Gasteiger partial charge in [-0.2, -0.15) is 0 Å². The van der Waals surface area contributed by atoms with Gasteiger partial charge in [0.05, 0.1) is 0 Å². The largest absolute Gasteiger partial charge is 0.261 e. The summed E-state index contributed by atoms with van der Waals surface area (Å²) in [6.07, 6.45) is 5.72. The molecule has 0 amide bonds. The summed E-state index contributed by atoms with van der Waals surface area (Å²) in [6, 6.07) is 4.27. The summed E-state index contributed by atoms with van der Waals surface area (Å²) in [5.74, 6) is 0.846. The van der Waals surface area contributed by atoms with Crippen LogP contribution >= 0.6 is 0 Å². The van der Waals surface area contributed by atoms with Crippen LogP contribution in [0, 0.1) is 0 Å². The summed E-state index contributed by atoms with van der Waals surface area (Å²) < 4.78 is 0. The molecule has 1 aromatic rings. The van der Waals surface area contributed by atoms with Crippen LogP contribution in [0.25, 0.3) is 0 Å². The minimum Gasteiger partial charge on any atom is -0.261 e. The van der Waals surface area contributed by atoms with Crippen molar-refractivity contribution in [2.45, 2.75) is 32.1 Å². The monoisotopic (exact) mass is 147 g/mol. The minimum absolute atomic E-state index is 0.846. The van der Waals surface area contributed by atoms with Crippen molar-refractivity contribution in [2.24, 2.45) is 0 Å². The van der Waals surface area contributed by atoms with Crippen LogP contribution in [0.1, 0.15) is 36.9 Å². The quantitative estimate of drug-likeness (QED) is 0.626. The summed E-state index contributed by atoms with van der Waals surface area (Å²) in [4.78, 5) is 4.36. The molecule has 0 atom stereocenters. The highest BCUT2D eigenvalue weighted by Crippen LogP contribution is 2.41. The fourth-order valence-electron chi connectivity index (χ4n) is 1.51. The van der Waals surface area contributed by atoms with E-state index in [1.165, 1.54) is 24.1 Å². The number of nitrogens with zero attached hydrogens (tertiary/aromatic N) is 1. The van der Waals surface area contributed by atoms with Crippen molar-refractivity contribution in [1.82, 2.24) is 4.98 Å². The van der Waals surface area contributed by atoms with E-state index < -0.39 is 0 Å². The zero-order chi connectivity index (χ0) is 7.68.